The summed E-state index contributed by atoms with van der Waals surface area (Å²) in [5, 5.41) is 0. The van der Waals surface area contributed by atoms with Crippen molar-refractivity contribution in [2.24, 2.45) is 5.73 Å². The highest BCUT2D eigenvalue weighted by Crippen LogP contribution is 2.27. The normalized spacial score (nSPS) is 14.8. The molecule has 2 heterocycles. The topological polar surface area (TPSA) is 76.6 Å². The van der Waals surface area contributed by atoms with Gasteiger partial charge in [-0.05, 0) is 59.2 Å². The van der Waals surface area contributed by atoms with E-state index in [-0.39, 0.29) is 6.04 Å². The number of rotatable bonds is 10. The molecule has 0 fully saturated rings. The van der Waals surface area contributed by atoms with E-state index < -0.39 is 0 Å². The van der Waals surface area contributed by atoms with Gasteiger partial charge in [-0.2, -0.15) is 0 Å². The van der Waals surface area contributed by atoms with Crippen LogP contribution < -0.4 is 5.73 Å². The van der Waals surface area contributed by atoms with Crippen molar-refractivity contribution in [3.8, 4) is 0 Å². The Hall–Kier alpha value is -2.22. The molecule has 0 saturated heterocycles. The van der Waals surface area contributed by atoms with Crippen molar-refractivity contribution in [2.75, 3.05) is 33.8 Å². The molecule has 0 spiro atoms. The zero-order valence-corrected chi connectivity index (χ0v) is 24.0. The minimum Gasteiger partial charge on any atom is -0.471 e. The summed E-state index contributed by atoms with van der Waals surface area (Å²) in [4.78, 5) is 18.7. The molecule has 2 unspecified atom stereocenters. The average Bonchev–Trinajstić information content (AvgIpc) is 3.21. The first-order chi connectivity index (χ1) is 17.2. The van der Waals surface area contributed by atoms with Crippen molar-refractivity contribution < 1.29 is 9.53 Å². The molecule has 204 valence electrons. The first kappa shape index (κ1) is 31.8. The Bertz CT molecular complexity index is 853. The van der Waals surface area contributed by atoms with Crippen LogP contribution in [0.1, 0.15) is 88.7 Å². The number of nitrogens with two attached hydrogens (primary N) is 1. The van der Waals surface area contributed by atoms with Crippen LogP contribution in [0.2, 0.25) is 0 Å². The molecule has 1 aliphatic rings. The lowest BCUT2D eigenvalue weighted by molar-refractivity contribution is -0.126. The number of hydrogen-bond donors (Lipinski definition) is 1. The zero-order chi connectivity index (χ0) is 27.1. The number of likely N-dealkylation sites (N-methyl/N-ethyl adjacent to an activating group) is 1. The summed E-state index contributed by atoms with van der Waals surface area (Å²) >= 11 is 0. The summed E-state index contributed by atoms with van der Waals surface area (Å²) in [6.45, 7) is 18.3. The average molecular weight is 502 g/mol. The smallest absolute Gasteiger partial charge is 0.292 e. The number of benzene rings is 1. The number of imidazole rings is 1. The standard InChI is InChI=1S/C18H34N4.C9H13N.C2H4O2/c1-7-16(9-12-21(8-2)14(3)4)22-15(5)19-17-13-20(6)11-10-18(17)22;1-2-9(10)8-6-4-3-5-7-8;1-4-2-3/h14,16H,7-13H2,1-6H3;3-7,9H,2,10H2,1H3;2H,1H3. The minimum atomic E-state index is 0.209. The summed E-state index contributed by atoms with van der Waals surface area (Å²) in [6.07, 6.45) is 4.56. The summed E-state index contributed by atoms with van der Waals surface area (Å²) in [5.41, 5.74) is 9.82. The number of carbonyl (C=O) groups excluding carboxylic acids is 1. The Labute approximate surface area is 220 Å². The molecular weight excluding hydrogens is 450 g/mol. The number of fused-ring (bicyclic) bond motifs is 1. The minimum absolute atomic E-state index is 0.209. The summed E-state index contributed by atoms with van der Waals surface area (Å²) in [5.74, 6) is 1.21. The van der Waals surface area contributed by atoms with E-state index in [4.69, 9.17) is 15.5 Å². The van der Waals surface area contributed by atoms with Crippen LogP contribution in [0.4, 0.5) is 0 Å². The molecule has 0 bridgehead atoms. The maximum Gasteiger partial charge on any atom is 0.292 e. The molecule has 0 aliphatic carbocycles. The zero-order valence-electron chi connectivity index (χ0n) is 24.0. The van der Waals surface area contributed by atoms with E-state index in [9.17, 15) is 0 Å². The van der Waals surface area contributed by atoms with Gasteiger partial charge < -0.3 is 24.8 Å². The number of methoxy groups -OCH3 is 1. The second-order valence-electron chi connectivity index (χ2n) is 9.74. The SMILES string of the molecule is CCC(CCN(CC)C(C)C)n1c(C)nc2c1CCN(C)C2.CCC(N)c1ccccc1.COC=O. The summed E-state index contributed by atoms with van der Waals surface area (Å²) < 4.78 is 6.41. The van der Waals surface area contributed by atoms with Crippen LogP contribution in [-0.4, -0.2) is 65.7 Å². The van der Waals surface area contributed by atoms with Gasteiger partial charge in [0.25, 0.3) is 6.47 Å². The molecule has 36 heavy (non-hydrogen) atoms. The van der Waals surface area contributed by atoms with Crippen LogP contribution in [-0.2, 0) is 22.5 Å². The number of aromatic nitrogens is 2. The van der Waals surface area contributed by atoms with E-state index in [0.717, 1.165) is 32.5 Å². The molecule has 1 aromatic carbocycles. The van der Waals surface area contributed by atoms with Crippen molar-refractivity contribution in [3.05, 3.63) is 53.1 Å². The maximum atomic E-state index is 8.95. The molecular formula is C29H51N5O2. The van der Waals surface area contributed by atoms with Crippen molar-refractivity contribution >= 4 is 6.47 Å². The van der Waals surface area contributed by atoms with Gasteiger partial charge in [-0.15, -0.1) is 0 Å². The van der Waals surface area contributed by atoms with Crippen molar-refractivity contribution in [1.29, 1.82) is 0 Å². The molecule has 2 N–H and O–H groups in total. The Kier molecular flexibility index (Phi) is 15.3. The molecule has 7 heteroatoms. The van der Waals surface area contributed by atoms with E-state index in [0.29, 0.717) is 18.6 Å². The second-order valence-corrected chi connectivity index (χ2v) is 9.74. The third kappa shape index (κ3) is 10.0. The lowest BCUT2D eigenvalue weighted by Gasteiger charge is -2.30. The fourth-order valence-electron chi connectivity index (χ4n) is 4.70. The Morgan fingerprint density at radius 2 is 1.81 bits per heavy atom. The van der Waals surface area contributed by atoms with Crippen LogP contribution in [0.15, 0.2) is 30.3 Å². The van der Waals surface area contributed by atoms with Crippen LogP contribution in [0.25, 0.3) is 0 Å². The van der Waals surface area contributed by atoms with Gasteiger partial charge in [-0.1, -0.05) is 51.1 Å². The number of hydrogen-bond acceptors (Lipinski definition) is 6. The third-order valence-corrected chi connectivity index (χ3v) is 6.91. The van der Waals surface area contributed by atoms with Gasteiger partial charge in [0.1, 0.15) is 5.82 Å². The van der Waals surface area contributed by atoms with Gasteiger partial charge in [-0.3, -0.25) is 4.79 Å². The van der Waals surface area contributed by atoms with E-state index in [1.165, 1.54) is 49.3 Å². The highest BCUT2D eigenvalue weighted by atomic mass is 16.5. The third-order valence-electron chi connectivity index (χ3n) is 6.91. The van der Waals surface area contributed by atoms with E-state index in [1.54, 1.807) is 0 Å². The van der Waals surface area contributed by atoms with Crippen molar-refractivity contribution in [2.45, 2.75) is 91.9 Å². The monoisotopic (exact) mass is 501 g/mol. The van der Waals surface area contributed by atoms with Crippen LogP contribution in [0.3, 0.4) is 0 Å². The fourth-order valence-corrected chi connectivity index (χ4v) is 4.70. The lowest BCUT2D eigenvalue weighted by atomic mass is 10.1. The van der Waals surface area contributed by atoms with Gasteiger partial charge in [-0.25, -0.2) is 4.98 Å². The van der Waals surface area contributed by atoms with Crippen LogP contribution in [0, 0.1) is 6.92 Å². The van der Waals surface area contributed by atoms with Gasteiger partial charge >= 0.3 is 0 Å². The van der Waals surface area contributed by atoms with Crippen molar-refractivity contribution in [3.63, 3.8) is 0 Å². The first-order valence-corrected chi connectivity index (χ1v) is 13.5. The largest absolute Gasteiger partial charge is 0.471 e. The van der Waals surface area contributed by atoms with E-state index in [2.05, 4.69) is 79.8 Å². The number of nitrogens with zero attached hydrogens (tertiary/aromatic N) is 4. The molecule has 7 nitrogen and oxygen atoms in total. The Morgan fingerprint density at radius 3 is 2.31 bits per heavy atom. The van der Waals surface area contributed by atoms with Gasteiger partial charge in [0.15, 0.2) is 0 Å². The Morgan fingerprint density at radius 1 is 1.17 bits per heavy atom. The van der Waals surface area contributed by atoms with E-state index in [1.807, 2.05) is 18.2 Å². The summed E-state index contributed by atoms with van der Waals surface area (Å²) in [7, 11) is 3.50. The van der Waals surface area contributed by atoms with E-state index >= 15 is 0 Å². The number of carbonyl (C=O) groups is 1. The molecule has 2 atom stereocenters. The molecule has 3 rings (SSSR count). The first-order valence-electron chi connectivity index (χ1n) is 13.5. The fraction of sp³-hybridized carbons (Fsp3) is 0.655. The predicted molar refractivity (Wildman–Crippen MR) is 150 cm³/mol. The highest BCUT2D eigenvalue weighted by molar-refractivity contribution is 5.36. The second kappa shape index (κ2) is 17.3. The van der Waals surface area contributed by atoms with Gasteiger partial charge in [0.2, 0.25) is 0 Å². The molecule has 1 aromatic heterocycles. The molecule has 0 amide bonds. The van der Waals surface area contributed by atoms with Crippen molar-refractivity contribution in [1.82, 2.24) is 19.4 Å². The maximum absolute atomic E-state index is 8.95. The number of aryl methyl sites for hydroxylation is 1. The lowest BCUT2D eigenvalue weighted by Crippen LogP contribution is -2.33. The van der Waals surface area contributed by atoms with Gasteiger partial charge in [0.05, 0.1) is 12.8 Å². The molecule has 0 saturated carbocycles. The Balaban J connectivity index is 0.000000382. The predicted octanol–water partition coefficient (Wildman–Crippen LogP) is 5.14. The highest BCUT2D eigenvalue weighted by Gasteiger charge is 2.24. The molecule has 0 radical (unpaired) electrons. The number of ether oxygens (including phenoxy) is 1. The molecule has 1 aliphatic heterocycles. The van der Waals surface area contributed by atoms with Gasteiger partial charge in [0, 0.05) is 49.9 Å². The van der Waals surface area contributed by atoms with Crippen LogP contribution >= 0.6 is 0 Å². The summed E-state index contributed by atoms with van der Waals surface area (Å²) in [6, 6.07) is 11.6. The van der Waals surface area contributed by atoms with Crippen LogP contribution in [0.5, 0.6) is 0 Å². The quantitative estimate of drug-likeness (QED) is 0.455. The molecule has 2 aromatic rings.